The minimum atomic E-state index is -0.768. The highest BCUT2D eigenvalue weighted by Gasteiger charge is 2.39. The number of anilines is 1. The lowest BCUT2D eigenvalue weighted by Crippen LogP contribution is -2.33. The van der Waals surface area contributed by atoms with Gasteiger partial charge in [0.25, 0.3) is 0 Å². The van der Waals surface area contributed by atoms with E-state index in [1.807, 2.05) is 0 Å². The van der Waals surface area contributed by atoms with Crippen molar-refractivity contribution in [1.82, 2.24) is 14.8 Å². The largest absolute Gasteiger partial charge is 0.328 e. The van der Waals surface area contributed by atoms with Crippen LogP contribution in [0.3, 0.4) is 0 Å². The second kappa shape index (κ2) is 6.58. The Kier molecular flexibility index (Phi) is 4.01. The average Bonchev–Trinajstić information content (AvgIpc) is 3.14. The van der Waals surface area contributed by atoms with Crippen molar-refractivity contribution in [2.75, 3.05) is 5.32 Å². The topological polar surface area (TPSA) is 59.8 Å². The molecule has 0 bridgehead atoms. The number of carbonyl (C=O) groups is 1. The number of hydrogen-bond donors (Lipinski definition) is 1. The molecule has 5 rings (SSSR count). The van der Waals surface area contributed by atoms with Crippen molar-refractivity contribution in [1.29, 1.82) is 0 Å². The van der Waals surface area contributed by atoms with E-state index in [2.05, 4.69) is 15.4 Å². The molecule has 29 heavy (non-hydrogen) atoms. The zero-order chi connectivity index (χ0) is 20.1. The molecular weight excluding hydrogens is 381 g/mol. The van der Waals surface area contributed by atoms with Crippen LogP contribution in [-0.4, -0.2) is 20.5 Å². The van der Waals surface area contributed by atoms with E-state index in [-0.39, 0.29) is 29.5 Å². The highest BCUT2D eigenvalue weighted by molar-refractivity contribution is 6.00. The van der Waals surface area contributed by atoms with Crippen molar-refractivity contribution in [3.63, 3.8) is 0 Å². The second-order valence-electron chi connectivity index (χ2n) is 7.23. The van der Waals surface area contributed by atoms with Crippen LogP contribution in [0.25, 0.3) is 0 Å². The van der Waals surface area contributed by atoms with Gasteiger partial charge in [-0.1, -0.05) is 12.1 Å². The van der Waals surface area contributed by atoms with Gasteiger partial charge in [0.05, 0.1) is 0 Å². The van der Waals surface area contributed by atoms with Gasteiger partial charge in [-0.2, -0.15) is 10.1 Å². The first-order chi connectivity index (χ1) is 14.0. The summed E-state index contributed by atoms with van der Waals surface area (Å²) in [5.74, 6) is -1.68. The SMILES string of the molecule is O=C1C[C@H](c2ccc(F)cc2)CC2=C1[C@@H](c1cc(F)cc(F)c1)n1ncnc1N2. The van der Waals surface area contributed by atoms with Crippen molar-refractivity contribution in [3.8, 4) is 0 Å². The molecule has 0 spiro atoms. The maximum Gasteiger partial charge on any atom is 0.226 e. The first-order valence-corrected chi connectivity index (χ1v) is 9.14. The number of rotatable bonds is 2. The number of fused-ring (bicyclic) bond motifs is 1. The standard InChI is InChI=1S/C21H15F3N4O/c22-14-3-1-11(2-4-14)12-7-17-19(18(29)8-12)20(28-21(27-17)25-10-26-28)13-5-15(23)9-16(24)6-13/h1-6,9-10,12,20H,7-8H2,(H,25,26,27)/t12-,20-/m1/s1. The van der Waals surface area contributed by atoms with E-state index in [0.717, 1.165) is 11.6 Å². The third-order valence-corrected chi connectivity index (χ3v) is 5.40. The zero-order valence-corrected chi connectivity index (χ0v) is 15.1. The fourth-order valence-corrected chi connectivity index (χ4v) is 4.16. The van der Waals surface area contributed by atoms with Crippen molar-refractivity contribution in [2.45, 2.75) is 24.8 Å². The maximum absolute atomic E-state index is 13.9. The molecule has 2 atom stereocenters. The van der Waals surface area contributed by atoms with Gasteiger partial charge in [0.1, 0.15) is 29.8 Å². The van der Waals surface area contributed by atoms with Gasteiger partial charge in [0.15, 0.2) is 5.78 Å². The Morgan fingerprint density at radius 3 is 2.38 bits per heavy atom. The Balaban J connectivity index is 1.61. The van der Waals surface area contributed by atoms with Gasteiger partial charge < -0.3 is 5.32 Å². The third kappa shape index (κ3) is 3.00. The predicted octanol–water partition coefficient (Wildman–Crippen LogP) is 4.11. The average molecular weight is 396 g/mol. The van der Waals surface area contributed by atoms with Gasteiger partial charge in [-0.3, -0.25) is 4.79 Å². The van der Waals surface area contributed by atoms with Crippen LogP contribution in [-0.2, 0) is 4.79 Å². The van der Waals surface area contributed by atoms with E-state index < -0.39 is 17.7 Å². The molecule has 1 N–H and O–H groups in total. The summed E-state index contributed by atoms with van der Waals surface area (Å²) in [5.41, 5.74) is 2.21. The van der Waals surface area contributed by atoms with Crippen LogP contribution in [0.2, 0.25) is 0 Å². The summed E-state index contributed by atoms with van der Waals surface area (Å²) in [5, 5.41) is 7.29. The molecule has 0 amide bonds. The lowest BCUT2D eigenvalue weighted by atomic mass is 9.78. The molecule has 1 aliphatic carbocycles. The Labute approximate surface area is 163 Å². The minimum absolute atomic E-state index is 0.131. The van der Waals surface area contributed by atoms with Gasteiger partial charge in [0.2, 0.25) is 5.95 Å². The van der Waals surface area contributed by atoms with Crippen molar-refractivity contribution in [3.05, 3.63) is 88.6 Å². The van der Waals surface area contributed by atoms with E-state index in [1.165, 1.54) is 35.3 Å². The lowest BCUT2D eigenvalue weighted by Gasteiger charge is -2.35. The van der Waals surface area contributed by atoms with Crippen LogP contribution in [0.15, 0.2) is 60.1 Å². The van der Waals surface area contributed by atoms with Gasteiger partial charge in [0, 0.05) is 23.8 Å². The van der Waals surface area contributed by atoms with Gasteiger partial charge in [-0.15, -0.1) is 0 Å². The smallest absolute Gasteiger partial charge is 0.226 e. The first kappa shape index (κ1) is 17.7. The van der Waals surface area contributed by atoms with Crippen molar-refractivity contribution >= 4 is 11.7 Å². The van der Waals surface area contributed by atoms with Gasteiger partial charge >= 0.3 is 0 Å². The Morgan fingerprint density at radius 1 is 0.931 bits per heavy atom. The van der Waals surface area contributed by atoms with Crippen LogP contribution in [0.5, 0.6) is 0 Å². The quantitative estimate of drug-likeness (QED) is 0.708. The maximum atomic E-state index is 13.9. The molecule has 0 radical (unpaired) electrons. The molecular formula is C21H15F3N4O. The third-order valence-electron chi connectivity index (χ3n) is 5.40. The van der Waals surface area contributed by atoms with E-state index >= 15 is 0 Å². The number of carbonyl (C=O) groups excluding carboxylic acids is 1. The molecule has 0 unspecified atom stereocenters. The molecule has 2 aromatic carbocycles. The Morgan fingerprint density at radius 2 is 1.66 bits per heavy atom. The van der Waals surface area contributed by atoms with Crippen molar-refractivity contribution < 1.29 is 18.0 Å². The van der Waals surface area contributed by atoms with Crippen LogP contribution in [0.4, 0.5) is 19.1 Å². The molecule has 0 fully saturated rings. The van der Waals surface area contributed by atoms with Crippen LogP contribution in [0, 0.1) is 17.5 Å². The number of hydrogen-bond acceptors (Lipinski definition) is 4. The summed E-state index contributed by atoms with van der Waals surface area (Å²) in [7, 11) is 0. The molecule has 2 aliphatic rings. The van der Waals surface area contributed by atoms with Crippen molar-refractivity contribution in [2.24, 2.45) is 0 Å². The molecule has 3 aromatic rings. The molecule has 0 saturated heterocycles. The molecule has 1 aliphatic heterocycles. The molecule has 5 nitrogen and oxygen atoms in total. The molecule has 8 heteroatoms. The molecule has 146 valence electrons. The summed E-state index contributed by atoms with van der Waals surface area (Å²) in [6.07, 6.45) is 2.03. The Hall–Kier alpha value is -3.42. The number of benzene rings is 2. The van der Waals surface area contributed by atoms with Gasteiger partial charge in [-0.05, 0) is 47.7 Å². The highest BCUT2D eigenvalue weighted by Crippen LogP contribution is 2.43. The van der Waals surface area contributed by atoms with E-state index in [9.17, 15) is 18.0 Å². The van der Waals surface area contributed by atoms with Crippen LogP contribution >= 0.6 is 0 Å². The number of nitrogens with one attached hydrogen (secondary N) is 1. The number of nitrogens with zero attached hydrogens (tertiary/aromatic N) is 3. The van der Waals surface area contributed by atoms with E-state index in [0.29, 0.717) is 23.6 Å². The fraction of sp³-hybridized carbons (Fsp3) is 0.190. The monoisotopic (exact) mass is 396 g/mol. The van der Waals surface area contributed by atoms with E-state index in [1.54, 1.807) is 12.1 Å². The number of ketones is 1. The number of allylic oxidation sites excluding steroid dienone is 2. The summed E-state index contributed by atoms with van der Waals surface area (Å²) in [4.78, 5) is 17.3. The molecule has 1 aromatic heterocycles. The van der Waals surface area contributed by atoms with Crippen LogP contribution in [0.1, 0.15) is 35.9 Å². The summed E-state index contributed by atoms with van der Waals surface area (Å²) in [6.45, 7) is 0. The number of halogens is 3. The van der Waals surface area contributed by atoms with E-state index in [4.69, 9.17) is 0 Å². The molecule has 2 heterocycles. The second-order valence-corrected chi connectivity index (χ2v) is 7.23. The van der Waals surface area contributed by atoms with Crippen LogP contribution < -0.4 is 5.32 Å². The van der Waals surface area contributed by atoms with Gasteiger partial charge in [-0.25, -0.2) is 17.9 Å². The predicted molar refractivity (Wildman–Crippen MR) is 98.5 cm³/mol. The fourth-order valence-electron chi connectivity index (χ4n) is 4.16. The highest BCUT2D eigenvalue weighted by atomic mass is 19.1. The summed E-state index contributed by atoms with van der Waals surface area (Å²) >= 11 is 0. The Bertz CT molecular complexity index is 1130. The first-order valence-electron chi connectivity index (χ1n) is 9.14. The minimum Gasteiger partial charge on any atom is -0.328 e. The lowest BCUT2D eigenvalue weighted by molar-refractivity contribution is -0.116. The zero-order valence-electron chi connectivity index (χ0n) is 15.1. The number of aromatic nitrogens is 3. The number of Topliss-reactive ketones (excluding diaryl/α,β-unsaturated/α-hetero) is 1. The summed E-state index contributed by atoms with van der Waals surface area (Å²) < 4.78 is 42.5. The molecule has 0 saturated carbocycles. The normalized spacial score (nSPS) is 20.9. The summed E-state index contributed by atoms with van der Waals surface area (Å²) in [6, 6.07) is 8.50.